The third kappa shape index (κ3) is 3.18. The van der Waals surface area contributed by atoms with Crippen LogP contribution in [0.1, 0.15) is 44.3 Å². The normalized spacial score (nSPS) is 17.7. The van der Waals surface area contributed by atoms with Crippen LogP contribution >= 0.6 is 0 Å². The van der Waals surface area contributed by atoms with Gasteiger partial charge in [-0.1, -0.05) is 13.3 Å². The zero-order valence-electron chi connectivity index (χ0n) is 12.1. The van der Waals surface area contributed by atoms with Gasteiger partial charge in [-0.25, -0.2) is 0 Å². The van der Waals surface area contributed by atoms with Crippen molar-refractivity contribution in [2.75, 3.05) is 13.6 Å². The van der Waals surface area contributed by atoms with Crippen LogP contribution in [0.5, 0.6) is 0 Å². The lowest BCUT2D eigenvalue weighted by atomic mass is 10.1. The predicted molar refractivity (Wildman–Crippen MR) is 74.9 cm³/mol. The average Bonchev–Trinajstić information content (AvgIpc) is 2.93. The Kier molecular flexibility index (Phi) is 4.76. The minimum Gasteiger partial charge on any atom is -0.359 e. The molecule has 1 aliphatic heterocycles. The maximum Gasteiger partial charge on any atom is 0.222 e. The Bertz CT molecular complexity index is 483. The molecule has 6 nitrogen and oxygen atoms in total. The van der Waals surface area contributed by atoms with Gasteiger partial charge in [0, 0.05) is 26.2 Å². The second kappa shape index (κ2) is 6.54. The summed E-state index contributed by atoms with van der Waals surface area (Å²) in [4.78, 5) is 25.6. The molecular weight excluding hydrogens is 256 g/mol. The van der Waals surface area contributed by atoms with Gasteiger partial charge in [0.1, 0.15) is 0 Å². The molecule has 6 heteroatoms. The van der Waals surface area contributed by atoms with Crippen molar-refractivity contribution in [1.29, 1.82) is 0 Å². The maximum absolute atomic E-state index is 12.2. The van der Waals surface area contributed by atoms with E-state index in [0.29, 0.717) is 25.9 Å². The van der Waals surface area contributed by atoms with Crippen LogP contribution in [0.4, 0.5) is 0 Å². The van der Waals surface area contributed by atoms with Crippen molar-refractivity contribution >= 4 is 11.8 Å². The number of unbranched alkanes of at least 4 members (excludes halogenated alkanes) is 1. The Balaban J connectivity index is 2.09. The molecule has 0 aliphatic carbocycles. The molecule has 1 aromatic rings. The minimum atomic E-state index is -0.0701. The van der Waals surface area contributed by atoms with Crippen molar-refractivity contribution in [3.8, 4) is 0 Å². The predicted octanol–water partition coefficient (Wildman–Crippen LogP) is 1.09. The zero-order chi connectivity index (χ0) is 14.5. The summed E-state index contributed by atoms with van der Waals surface area (Å²) in [5, 5.41) is 6.91. The molecule has 1 N–H and O–H groups in total. The van der Waals surface area contributed by atoms with Crippen LogP contribution < -0.4 is 5.32 Å². The molecule has 0 saturated heterocycles. The van der Waals surface area contributed by atoms with Crippen LogP contribution in [-0.4, -0.2) is 40.1 Å². The zero-order valence-corrected chi connectivity index (χ0v) is 12.1. The Morgan fingerprint density at radius 1 is 1.50 bits per heavy atom. The Hall–Kier alpha value is -1.85. The number of hydrogen-bond donors (Lipinski definition) is 1. The fraction of sp³-hybridized carbons (Fsp3) is 0.643. The average molecular weight is 278 g/mol. The number of fused-ring (bicyclic) bond motifs is 1. The van der Waals surface area contributed by atoms with E-state index in [1.807, 2.05) is 15.6 Å². The van der Waals surface area contributed by atoms with Gasteiger partial charge in [0.2, 0.25) is 11.8 Å². The van der Waals surface area contributed by atoms with Crippen LogP contribution in [0, 0.1) is 0 Å². The van der Waals surface area contributed by atoms with Crippen LogP contribution in [0.2, 0.25) is 0 Å². The van der Waals surface area contributed by atoms with Gasteiger partial charge in [-0.05, 0) is 12.5 Å². The van der Waals surface area contributed by atoms with Gasteiger partial charge in [0.25, 0.3) is 0 Å². The monoisotopic (exact) mass is 278 g/mol. The highest BCUT2D eigenvalue weighted by Crippen LogP contribution is 2.23. The lowest BCUT2D eigenvalue weighted by molar-refractivity contribution is -0.134. The van der Waals surface area contributed by atoms with E-state index in [9.17, 15) is 9.59 Å². The second-order valence-corrected chi connectivity index (χ2v) is 5.18. The van der Waals surface area contributed by atoms with Crippen molar-refractivity contribution < 1.29 is 9.59 Å². The molecule has 1 aromatic heterocycles. The molecule has 110 valence electrons. The highest BCUT2D eigenvalue weighted by atomic mass is 16.2. The fourth-order valence-corrected chi connectivity index (χ4v) is 2.53. The van der Waals surface area contributed by atoms with Crippen molar-refractivity contribution in [2.45, 2.75) is 45.2 Å². The van der Waals surface area contributed by atoms with E-state index in [2.05, 4.69) is 17.3 Å². The maximum atomic E-state index is 12.2. The molecule has 2 heterocycles. The number of amides is 2. The number of nitrogens with zero attached hydrogens (tertiary/aromatic N) is 3. The van der Waals surface area contributed by atoms with Crippen molar-refractivity contribution in [3.63, 3.8) is 0 Å². The van der Waals surface area contributed by atoms with Gasteiger partial charge in [0.15, 0.2) is 0 Å². The van der Waals surface area contributed by atoms with E-state index in [1.165, 1.54) is 0 Å². The number of carbonyl (C=O) groups is 2. The van der Waals surface area contributed by atoms with Crippen LogP contribution in [0.25, 0.3) is 0 Å². The first-order valence-electron chi connectivity index (χ1n) is 7.16. The van der Waals surface area contributed by atoms with E-state index < -0.39 is 0 Å². The minimum absolute atomic E-state index is 0.0284. The molecule has 20 heavy (non-hydrogen) atoms. The van der Waals surface area contributed by atoms with Gasteiger partial charge in [0.05, 0.1) is 24.7 Å². The molecule has 0 aromatic carbocycles. The van der Waals surface area contributed by atoms with Crippen molar-refractivity contribution in [1.82, 2.24) is 20.0 Å². The van der Waals surface area contributed by atoms with Crippen LogP contribution in [0.3, 0.4) is 0 Å². The third-order valence-electron chi connectivity index (χ3n) is 3.68. The van der Waals surface area contributed by atoms with E-state index in [0.717, 1.165) is 18.5 Å². The van der Waals surface area contributed by atoms with Gasteiger partial charge in [-0.15, -0.1) is 0 Å². The van der Waals surface area contributed by atoms with Crippen LogP contribution in [-0.2, 0) is 16.1 Å². The number of hydrogen-bond acceptors (Lipinski definition) is 3. The molecule has 0 fully saturated rings. The highest BCUT2D eigenvalue weighted by Gasteiger charge is 2.29. The first kappa shape index (κ1) is 14.6. The smallest absolute Gasteiger partial charge is 0.222 e. The Labute approximate surface area is 119 Å². The van der Waals surface area contributed by atoms with E-state index in [1.54, 1.807) is 13.2 Å². The first-order valence-corrected chi connectivity index (χ1v) is 7.16. The second-order valence-electron chi connectivity index (χ2n) is 5.18. The number of nitrogens with one attached hydrogen (secondary N) is 1. The Morgan fingerprint density at radius 3 is 3.00 bits per heavy atom. The van der Waals surface area contributed by atoms with Gasteiger partial charge in [-0.3, -0.25) is 14.3 Å². The van der Waals surface area contributed by atoms with Gasteiger partial charge in [-0.2, -0.15) is 5.10 Å². The molecular formula is C14H22N4O2. The van der Waals surface area contributed by atoms with E-state index in [4.69, 9.17) is 0 Å². The van der Waals surface area contributed by atoms with Gasteiger partial charge < -0.3 is 10.2 Å². The molecule has 2 amide bonds. The Morgan fingerprint density at radius 2 is 2.30 bits per heavy atom. The number of rotatable bonds is 5. The summed E-state index contributed by atoms with van der Waals surface area (Å²) < 4.78 is 1.87. The van der Waals surface area contributed by atoms with Crippen LogP contribution in [0.15, 0.2) is 12.3 Å². The number of aromatic nitrogens is 2. The summed E-state index contributed by atoms with van der Waals surface area (Å²) >= 11 is 0. The fourth-order valence-electron chi connectivity index (χ4n) is 2.53. The standard InChI is InChI=1S/C14H22N4O2/c1-3-4-5-14(20)17-9-11-6-7-16-18(11)12(10-17)8-13(19)15-2/h6-7,12H,3-5,8-10H2,1-2H3,(H,15,19)/t12-/m0/s1. The lowest BCUT2D eigenvalue weighted by Gasteiger charge is -2.33. The molecule has 1 aliphatic rings. The third-order valence-corrected chi connectivity index (χ3v) is 3.68. The first-order chi connectivity index (χ1) is 9.65. The largest absolute Gasteiger partial charge is 0.359 e. The molecule has 2 rings (SSSR count). The number of carbonyl (C=O) groups excluding carboxylic acids is 2. The van der Waals surface area contributed by atoms with Crippen molar-refractivity contribution in [3.05, 3.63) is 18.0 Å². The summed E-state index contributed by atoms with van der Waals surface area (Å²) in [5.41, 5.74) is 0.995. The summed E-state index contributed by atoms with van der Waals surface area (Å²) in [6.45, 7) is 3.23. The molecule has 1 atom stereocenters. The van der Waals surface area contributed by atoms with E-state index in [-0.39, 0.29) is 17.9 Å². The topological polar surface area (TPSA) is 67.2 Å². The molecule has 0 bridgehead atoms. The van der Waals surface area contributed by atoms with Gasteiger partial charge >= 0.3 is 0 Å². The van der Waals surface area contributed by atoms with E-state index >= 15 is 0 Å². The SMILES string of the molecule is CCCCC(=O)N1Cc2ccnn2[C@@H](CC(=O)NC)C1. The highest BCUT2D eigenvalue weighted by molar-refractivity contribution is 5.77. The summed E-state index contributed by atoms with van der Waals surface area (Å²) in [6, 6.07) is 1.84. The molecule has 0 unspecified atom stereocenters. The summed E-state index contributed by atoms with van der Waals surface area (Å²) in [6.07, 6.45) is 4.58. The molecule has 0 saturated carbocycles. The van der Waals surface area contributed by atoms with Crippen molar-refractivity contribution in [2.24, 2.45) is 0 Å². The molecule has 0 radical (unpaired) electrons. The lowest BCUT2D eigenvalue weighted by Crippen LogP contribution is -2.42. The quantitative estimate of drug-likeness (QED) is 0.876. The molecule has 0 spiro atoms. The summed E-state index contributed by atoms with van der Waals surface area (Å²) in [7, 11) is 1.62. The summed E-state index contributed by atoms with van der Waals surface area (Å²) in [5.74, 6) is 0.139.